The molecule has 84 valence electrons. The number of aliphatic hydroxyl groups is 1. The van der Waals surface area contributed by atoms with Crippen LogP contribution in [-0.2, 0) is 6.42 Å². The molecule has 4 heteroatoms. The topological polar surface area (TPSA) is 23.5 Å². The fourth-order valence-electron chi connectivity index (χ4n) is 1.34. The fraction of sp³-hybridized carbons (Fsp3) is 0.455. The molecule has 0 spiro atoms. The van der Waals surface area contributed by atoms with Gasteiger partial charge in [0.05, 0.1) is 16.7 Å². The van der Waals surface area contributed by atoms with Gasteiger partial charge in [0.2, 0.25) is 0 Å². The number of hydrogen-bond donors (Lipinski definition) is 1. The van der Waals surface area contributed by atoms with Gasteiger partial charge in [0.25, 0.3) is 0 Å². The molecular formula is C11H15Cl2NO. The summed E-state index contributed by atoms with van der Waals surface area (Å²) in [4.78, 5) is 2.05. The lowest BCUT2D eigenvalue weighted by atomic mass is 10.1. The molecule has 0 unspecified atom stereocenters. The first-order valence-electron chi connectivity index (χ1n) is 4.87. The normalized spacial score (nSPS) is 11.0. The summed E-state index contributed by atoms with van der Waals surface area (Å²) in [7, 11) is 1.97. The van der Waals surface area contributed by atoms with Crippen molar-refractivity contribution in [3.63, 3.8) is 0 Å². The second kappa shape index (κ2) is 6.33. The Morgan fingerprint density at radius 1 is 1.27 bits per heavy atom. The van der Waals surface area contributed by atoms with E-state index in [2.05, 4.69) is 4.90 Å². The zero-order valence-corrected chi connectivity index (χ0v) is 10.2. The van der Waals surface area contributed by atoms with Crippen molar-refractivity contribution in [1.29, 1.82) is 0 Å². The molecule has 0 atom stereocenters. The molecular weight excluding hydrogens is 233 g/mol. The van der Waals surface area contributed by atoms with Crippen LogP contribution in [0.1, 0.15) is 5.56 Å². The first-order chi connectivity index (χ1) is 7.15. The maximum atomic E-state index is 8.74. The zero-order chi connectivity index (χ0) is 11.3. The molecule has 0 bridgehead atoms. The van der Waals surface area contributed by atoms with Gasteiger partial charge in [-0.05, 0) is 25.1 Å². The van der Waals surface area contributed by atoms with Crippen molar-refractivity contribution in [3.8, 4) is 0 Å². The van der Waals surface area contributed by atoms with Crippen LogP contribution in [0.5, 0.6) is 0 Å². The van der Waals surface area contributed by atoms with Crippen LogP contribution in [0.3, 0.4) is 0 Å². The summed E-state index contributed by atoms with van der Waals surface area (Å²) in [6.07, 6.45) is 0.843. The Kier molecular flexibility index (Phi) is 5.40. The lowest BCUT2D eigenvalue weighted by molar-refractivity contribution is 0.223. The van der Waals surface area contributed by atoms with Crippen molar-refractivity contribution in [2.24, 2.45) is 0 Å². The smallest absolute Gasteiger partial charge is 0.0624 e. The van der Waals surface area contributed by atoms with Crippen molar-refractivity contribution in [1.82, 2.24) is 4.90 Å². The minimum atomic E-state index is 0.180. The number of nitrogens with zero attached hydrogens (tertiary/aromatic N) is 1. The molecule has 0 amide bonds. The van der Waals surface area contributed by atoms with Gasteiger partial charge in [-0.2, -0.15) is 0 Å². The van der Waals surface area contributed by atoms with Gasteiger partial charge in [-0.1, -0.05) is 35.3 Å². The first kappa shape index (κ1) is 12.8. The number of benzene rings is 1. The molecule has 0 aliphatic heterocycles. The highest BCUT2D eigenvalue weighted by Gasteiger charge is 2.05. The Morgan fingerprint density at radius 2 is 2.00 bits per heavy atom. The van der Waals surface area contributed by atoms with Crippen molar-refractivity contribution >= 4 is 23.2 Å². The number of likely N-dealkylation sites (N-methyl/N-ethyl adjacent to an activating group) is 1. The van der Waals surface area contributed by atoms with E-state index >= 15 is 0 Å². The van der Waals surface area contributed by atoms with Gasteiger partial charge >= 0.3 is 0 Å². The molecule has 1 N–H and O–H groups in total. The number of aliphatic hydroxyl groups excluding tert-OH is 1. The third-order valence-corrected chi connectivity index (χ3v) is 3.13. The van der Waals surface area contributed by atoms with Gasteiger partial charge in [0.1, 0.15) is 0 Å². The molecule has 0 radical (unpaired) electrons. The van der Waals surface area contributed by atoms with E-state index in [4.69, 9.17) is 28.3 Å². The van der Waals surface area contributed by atoms with Crippen LogP contribution in [0.4, 0.5) is 0 Å². The van der Waals surface area contributed by atoms with Gasteiger partial charge in [-0.25, -0.2) is 0 Å². The van der Waals surface area contributed by atoms with Crippen LogP contribution >= 0.6 is 23.2 Å². The van der Waals surface area contributed by atoms with Crippen LogP contribution in [0.25, 0.3) is 0 Å². The zero-order valence-electron chi connectivity index (χ0n) is 8.71. The average Bonchev–Trinajstić information content (AvgIpc) is 2.21. The number of rotatable bonds is 5. The largest absolute Gasteiger partial charge is 0.395 e. The van der Waals surface area contributed by atoms with Crippen molar-refractivity contribution in [3.05, 3.63) is 33.8 Å². The molecule has 0 aromatic heterocycles. The first-order valence-corrected chi connectivity index (χ1v) is 5.63. The summed E-state index contributed by atoms with van der Waals surface area (Å²) in [5, 5.41) is 9.98. The van der Waals surface area contributed by atoms with E-state index < -0.39 is 0 Å². The highest BCUT2D eigenvalue weighted by Crippen LogP contribution is 2.25. The summed E-state index contributed by atoms with van der Waals surface area (Å²) >= 11 is 12.0. The van der Waals surface area contributed by atoms with Gasteiger partial charge < -0.3 is 10.0 Å². The molecule has 15 heavy (non-hydrogen) atoms. The Balaban J connectivity index is 2.54. The highest BCUT2D eigenvalue weighted by molar-refractivity contribution is 6.42. The van der Waals surface area contributed by atoms with Crippen LogP contribution < -0.4 is 0 Å². The van der Waals surface area contributed by atoms with Gasteiger partial charge in [-0.15, -0.1) is 0 Å². The van der Waals surface area contributed by atoms with Gasteiger partial charge in [0, 0.05) is 13.1 Å². The van der Waals surface area contributed by atoms with E-state index in [9.17, 15) is 0 Å². The molecule has 0 saturated carbocycles. The molecule has 0 fully saturated rings. The summed E-state index contributed by atoms with van der Waals surface area (Å²) in [6.45, 7) is 1.72. The second-order valence-corrected chi connectivity index (χ2v) is 4.27. The second-order valence-electron chi connectivity index (χ2n) is 3.49. The highest BCUT2D eigenvalue weighted by atomic mass is 35.5. The van der Waals surface area contributed by atoms with Crippen LogP contribution in [0, 0.1) is 0 Å². The van der Waals surface area contributed by atoms with Gasteiger partial charge in [0.15, 0.2) is 0 Å². The summed E-state index contributed by atoms with van der Waals surface area (Å²) in [5.41, 5.74) is 1.05. The van der Waals surface area contributed by atoms with Crippen molar-refractivity contribution in [2.75, 3.05) is 26.7 Å². The number of halogens is 2. The monoisotopic (exact) mass is 247 g/mol. The summed E-state index contributed by atoms with van der Waals surface area (Å²) in [6, 6.07) is 5.65. The molecule has 2 nitrogen and oxygen atoms in total. The third kappa shape index (κ3) is 3.99. The molecule has 1 aromatic rings. The van der Waals surface area contributed by atoms with Crippen molar-refractivity contribution < 1.29 is 5.11 Å². The predicted molar refractivity (Wildman–Crippen MR) is 64.7 cm³/mol. The maximum absolute atomic E-state index is 8.74. The van der Waals surface area contributed by atoms with Gasteiger partial charge in [-0.3, -0.25) is 0 Å². The quantitative estimate of drug-likeness (QED) is 0.865. The van der Waals surface area contributed by atoms with Crippen LogP contribution in [-0.4, -0.2) is 36.8 Å². The average molecular weight is 248 g/mol. The minimum absolute atomic E-state index is 0.180. The fourth-order valence-corrected chi connectivity index (χ4v) is 1.75. The van der Waals surface area contributed by atoms with Crippen molar-refractivity contribution in [2.45, 2.75) is 6.42 Å². The lowest BCUT2D eigenvalue weighted by Crippen LogP contribution is -2.24. The van der Waals surface area contributed by atoms with E-state index in [-0.39, 0.29) is 6.61 Å². The SMILES string of the molecule is CN(CCO)CCc1cccc(Cl)c1Cl. The molecule has 0 saturated heterocycles. The molecule has 0 aliphatic rings. The summed E-state index contributed by atoms with van der Waals surface area (Å²) < 4.78 is 0. The Hall–Kier alpha value is -0.280. The standard InChI is InChI=1S/C11H15Cl2NO/c1-14(7-8-15)6-5-9-3-2-4-10(12)11(9)13/h2-4,15H,5-8H2,1H3. The van der Waals surface area contributed by atoms with E-state index in [0.717, 1.165) is 18.5 Å². The van der Waals surface area contributed by atoms with Crippen LogP contribution in [0.15, 0.2) is 18.2 Å². The van der Waals surface area contributed by atoms with Crippen LogP contribution in [0.2, 0.25) is 10.0 Å². The molecule has 0 heterocycles. The Bertz CT molecular complexity index is 317. The maximum Gasteiger partial charge on any atom is 0.0624 e. The summed E-state index contributed by atoms with van der Waals surface area (Å²) in [5.74, 6) is 0. The third-order valence-electron chi connectivity index (χ3n) is 2.28. The van der Waals surface area contributed by atoms with E-state index in [0.29, 0.717) is 16.6 Å². The van der Waals surface area contributed by atoms with E-state index in [1.54, 1.807) is 6.07 Å². The number of hydrogen-bond acceptors (Lipinski definition) is 2. The predicted octanol–water partition coefficient (Wildman–Crippen LogP) is 2.46. The minimum Gasteiger partial charge on any atom is -0.395 e. The molecule has 0 aliphatic carbocycles. The molecule has 1 rings (SSSR count). The van der Waals surface area contributed by atoms with E-state index in [1.807, 2.05) is 19.2 Å². The Morgan fingerprint density at radius 3 is 2.67 bits per heavy atom. The van der Waals surface area contributed by atoms with E-state index in [1.165, 1.54) is 0 Å². The Labute approximate surface area is 100 Å². The molecule has 1 aromatic carbocycles. The lowest BCUT2D eigenvalue weighted by Gasteiger charge is -2.15.